The maximum absolute atomic E-state index is 13.0. The third kappa shape index (κ3) is 5.74. The van der Waals surface area contributed by atoms with Crippen molar-refractivity contribution in [2.75, 3.05) is 29.6 Å². The lowest BCUT2D eigenvalue weighted by Crippen LogP contribution is -2.15. The Labute approximate surface area is 202 Å². The zero-order valence-electron chi connectivity index (χ0n) is 19.3. The Balaban J connectivity index is 1.89. The van der Waals surface area contributed by atoms with Crippen LogP contribution < -0.4 is 21.1 Å². The molecule has 3 rings (SSSR count). The summed E-state index contributed by atoms with van der Waals surface area (Å²) < 4.78 is 10.7. The summed E-state index contributed by atoms with van der Waals surface area (Å²) in [6.45, 7) is 5.99. The number of para-hydroxylation sites is 1. The quantitative estimate of drug-likeness (QED) is 0.289. The standard InChI is InChI=1S/C25H27N3O5S/c1-4-13-33-19-12-11-16(14-18(19)26)22(29)28-24-20(25(31)32-5-2)15(3)21(34-24)23(30)27-17-9-7-6-8-10-17/h6-12,14H,4-5,13,26H2,1-3H3,(H,27,30)(H,28,29). The molecule has 0 radical (unpaired) electrons. The van der Waals surface area contributed by atoms with Crippen LogP contribution in [0.25, 0.3) is 0 Å². The summed E-state index contributed by atoms with van der Waals surface area (Å²) in [5, 5.41) is 5.77. The van der Waals surface area contributed by atoms with E-state index in [2.05, 4.69) is 10.6 Å². The van der Waals surface area contributed by atoms with E-state index < -0.39 is 11.9 Å². The second-order valence-corrected chi connectivity index (χ2v) is 8.38. The number of ether oxygens (including phenoxy) is 2. The third-order valence-electron chi connectivity index (χ3n) is 4.82. The number of benzene rings is 2. The molecule has 0 aliphatic carbocycles. The molecular formula is C25H27N3O5S. The molecule has 0 aliphatic rings. The molecule has 0 bridgehead atoms. The van der Waals surface area contributed by atoms with Gasteiger partial charge >= 0.3 is 5.97 Å². The van der Waals surface area contributed by atoms with Crippen molar-refractivity contribution in [2.24, 2.45) is 0 Å². The maximum Gasteiger partial charge on any atom is 0.341 e. The molecule has 0 atom stereocenters. The summed E-state index contributed by atoms with van der Waals surface area (Å²) in [6, 6.07) is 13.7. The first-order valence-corrected chi connectivity index (χ1v) is 11.7. The van der Waals surface area contributed by atoms with Crippen molar-refractivity contribution < 1.29 is 23.9 Å². The molecule has 4 N–H and O–H groups in total. The molecule has 1 aromatic heterocycles. The number of hydrogen-bond acceptors (Lipinski definition) is 7. The van der Waals surface area contributed by atoms with E-state index in [-0.39, 0.29) is 28.6 Å². The molecule has 0 aliphatic heterocycles. The SMILES string of the molecule is CCCOc1ccc(C(=O)Nc2sc(C(=O)Nc3ccccc3)c(C)c2C(=O)OCC)cc1N. The first kappa shape index (κ1) is 24.8. The number of carbonyl (C=O) groups excluding carboxylic acids is 3. The lowest BCUT2D eigenvalue weighted by Gasteiger charge is -2.10. The summed E-state index contributed by atoms with van der Waals surface area (Å²) in [4.78, 5) is 38.8. The summed E-state index contributed by atoms with van der Waals surface area (Å²) >= 11 is 1.01. The number of esters is 1. The minimum atomic E-state index is -0.617. The Bertz CT molecular complexity index is 1190. The van der Waals surface area contributed by atoms with E-state index in [0.717, 1.165) is 17.8 Å². The Morgan fingerprint density at radius 1 is 1.00 bits per heavy atom. The second-order valence-electron chi connectivity index (χ2n) is 7.36. The molecule has 8 nitrogen and oxygen atoms in total. The largest absolute Gasteiger partial charge is 0.491 e. The van der Waals surface area contributed by atoms with Crippen LogP contribution in [0, 0.1) is 6.92 Å². The zero-order valence-corrected chi connectivity index (χ0v) is 20.1. The molecule has 34 heavy (non-hydrogen) atoms. The molecule has 0 unspecified atom stereocenters. The van der Waals surface area contributed by atoms with Crippen LogP contribution in [-0.2, 0) is 4.74 Å². The molecule has 178 valence electrons. The molecule has 0 spiro atoms. The Morgan fingerprint density at radius 2 is 1.74 bits per heavy atom. The number of amides is 2. The van der Waals surface area contributed by atoms with Gasteiger partial charge in [-0.05, 0) is 56.2 Å². The van der Waals surface area contributed by atoms with Gasteiger partial charge in [-0.3, -0.25) is 9.59 Å². The van der Waals surface area contributed by atoms with Crippen molar-refractivity contribution in [2.45, 2.75) is 27.2 Å². The van der Waals surface area contributed by atoms with Gasteiger partial charge in [-0.15, -0.1) is 11.3 Å². The van der Waals surface area contributed by atoms with Crippen molar-refractivity contribution >= 4 is 45.5 Å². The third-order valence-corrected chi connectivity index (χ3v) is 6.03. The van der Waals surface area contributed by atoms with Gasteiger partial charge in [-0.25, -0.2) is 4.79 Å². The fourth-order valence-corrected chi connectivity index (χ4v) is 4.27. The predicted octanol–water partition coefficient (Wildman–Crippen LogP) is 5.11. The number of nitrogens with two attached hydrogens (primary N) is 1. The van der Waals surface area contributed by atoms with Gasteiger partial charge in [0, 0.05) is 11.3 Å². The number of carbonyl (C=O) groups is 3. The minimum Gasteiger partial charge on any atom is -0.491 e. The van der Waals surface area contributed by atoms with E-state index in [1.54, 1.807) is 50.2 Å². The van der Waals surface area contributed by atoms with Gasteiger partial charge < -0.3 is 25.8 Å². The molecule has 2 amide bonds. The molecule has 3 aromatic rings. The lowest BCUT2D eigenvalue weighted by atomic mass is 10.1. The fourth-order valence-electron chi connectivity index (χ4n) is 3.18. The summed E-state index contributed by atoms with van der Waals surface area (Å²) in [5.74, 6) is -0.984. The summed E-state index contributed by atoms with van der Waals surface area (Å²) in [5.41, 5.74) is 7.83. The zero-order chi connectivity index (χ0) is 24.7. The van der Waals surface area contributed by atoms with Crippen LogP contribution in [0.1, 0.15) is 56.2 Å². The van der Waals surface area contributed by atoms with Crippen molar-refractivity contribution in [3.63, 3.8) is 0 Å². The number of anilines is 3. The second kappa shape index (κ2) is 11.3. The normalized spacial score (nSPS) is 10.4. The highest BCUT2D eigenvalue weighted by molar-refractivity contribution is 7.19. The van der Waals surface area contributed by atoms with Crippen LogP contribution in [0.5, 0.6) is 5.75 Å². The van der Waals surface area contributed by atoms with Gasteiger partial charge in [-0.1, -0.05) is 25.1 Å². The topological polar surface area (TPSA) is 120 Å². The van der Waals surface area contributed by atoms with Gasteiger partial charge in [0.15, 0.2) is 0 Å². The number of nitrogen functional groups attached to an aromatic ring is 1. The van der Waals surface area contributed by atoms with Crippen LogP contribution in [0.3, 0.4) is 0 Å². The predicted molar refractivity (Wildman–Crippen MR) is 134 cm³/mol. The van der Waals surface area contributed by atoms with Crippen LogP contribution in [0.2, 0.25) is 0 Å². The van der Waals surface area contributed by atoms with Gasteiger partial charge in [0.2, 0.25) is 0 Å². The fraction of sp³-hybridized carbons (Fsp3) is 0.240. The molecule has 1 heterocycles. The van der Waals surface area contributed by atoms with E-state index in [4.69, 9.17) is 15.2 Å². The van der Waals surface area contributed by atoms with Crippen LogP contribution in [-0.4, -0.2) is 31.0 Å². The Morgan fingerprint density at radius 3 is 2.38 bits per heavy atom. The smallest absolute Gasteiger partial charge is 0.341 e. The van der Waals surface area contributed by atoms with Gasteiger partial charge in [0.05, 0.1) is 29.3 Å². The Kier molecular flexibility index (Phi) is 8.26. The average molecular weight is 482 g/mol. The van der Waals surface area contributed by atoms with Crippen LogP contribution in [0.15, 0.2) is 48.5 Å². The molecule has 2 aromatic carbocycles. The highest BCUT2D eigenvalue weighted by Gasteiger charge is 2.27. The van der Waals surface area contributed by atoms with Crippen molar-refractivity contribution in [1.82, 2.24) is 0 Å². The van der Waals surface area contributed by atoms with Crippen molar-refractivity contribution in [3.8, 4) is 5.75 Å². The highest BCUT2D eigenvalue weighted by Crippen LogP contribution is 2.35. The number of nitrogens with one attached hydrogen (secondary N) is 2. The molecule has 0 saturated carbocycles. The van der Waals surface area contributed by atoms with E-state index in [1.807, 2.05) is 13.0 Å². The molecule has 9 heteroatoms. The highest BCUT2D eigenvalue weighted by atomic mass is 32.1. The van der Waals surface area contributed by atoms with E-state index in [1.165, 1.54) is 6.07 Å². The monoisotopic (exact) mass is 481 g/mol. The van der Waals surface area contributed by atoms with E-state index in [0.29, 0.717) is 34.2 Å². The van der Waals surface area contributed by atoms with Gasteiger partial charge in [0.25, 0.3) is 11.8 Å². The first-order chi connectivity index (χ1) is 16.3. The molecule has 0 fully saturated rings. The van der Waals surface area contributed by atoms with Crippen molar-refractivity contribution in [1.29, 1.82) is 0 Å². The lowest BCUT2D eigenvalue weighted by molar-refractivity contribution is 0.0527. The van der Waals surface area contributed by atoms with Gasteiger partial charge in [0.1, 0.15) is 10.8 Å². The number of rotatable bonds is 9. The van der Waals surface area contributed by atoms with E-state index >= 15 is 0 Å². The van der Waals surface area contributed by atoms with Gasteiger partial charge in [-0.2, -0.15) is 0 Å². The molecule has 0 saturated heterocycles. The summed E-state index contributed by atoms with van der Waals surface area (Å²) in [7, 11) is 0. The minimum absolute atomic E-state index is 0.147. The Hall–Kier alpha value is -3.85. The first-order valence-electron chi connectivity index (χ1n) is 10.9. The summed E-state index contributed by atoms with van der Waals surface area (Å²) in [6.07, 6.45) is 0.830. The van der Waals surface area contributed by atoms with Crippen molar-refractivity contribution in [3.05, 3.63) is 70.1 Å². The van der Waals surface area contributed by atoms with Crippen LogP contribution in [0.4, 0.5) is 16.4 Å². The number of thiophene rings is 1. The van der Waals surface area contributed by atoms with Crippen LogP contribution >= 0.6 is 11.3 Å². The average Bonchev–Trinajstić information content (AvgIpc) is 3.14. The maximum atomic E-state index is 13.0. The molecular weight excluding hydrogens is 454 g/mol. The van der Waals surface area contributed by atoms with E-state index in [9.17, 15) is 14.4 Å². The number of hydrogen-bond donors (Lipinski definition) is 3.